The van der Waals surface area contributed by atoms with Gasteiger partial charge in [0.2, 0.25) is 0 Å². The van der Waals surface area contributed by atoms with Gasteiger partial charge >= 0.3 is 0 Å². The molecule has 1 unspecified atom stereocenters. The van der Waals surface area contributed by atoms with Crippen molar-refractivity contribution < 1.29 is 4.79 Å². The fraction of sp³-hybridized carbons (Fsp3) is 0.273. The van der Waals surface area contributed by atoms with Crippen LogP contribution in [-0.2, 0) is 6.42 Å². The maximum atomic E-state index is 13.0. The Balaban J connectivity index is 2.04. The molecule has 0 radical (unpaired) electrons. The first-order valence-electron chi connectivity index (χ1n) is 9.26. The van der Waals surface area contributed by atoms with Crippen molar-refractivity contribution in [1.82, 2.24) is 9.47 Å². The summed E-state index contributed by atoms with van der Waals surface area (Å²) in [7, 11) is 3.36. The van der Waals surface area contributed by atoms with E-state index in [1.165, 1.54) is 14.7 Å². The number of benzene rings is 1. The van der Waals surface area contributed by atoms with Crippen molar-refractivity contribution in [3.05, 3.63) is 78.3 Å². The minimum atomic E-state index is -0.262. The number of rotatable bonds is 2. The molecule has 150 valence electrons. The normalized spacial score (nSPS) is 15.4. The minimum Gasteiger partial charge on any atom is -0.345 e. The molecular weight excluding hydrogens is 424 g/mol. The van der Waals surface area contributed by atoms with Crippen molar-refractivity contribution in [3.63, 3.8) is 0 Å². The lowest BCUT2D eigenvalue weighted by Gasteiger charge is -2.21. The Labute approximate surface area is 183 Å². The predicted molar refractivity (Wildman–Crippen MR) is 121 cm³/mol. The zero-order valence-corrected chi connectivity index (χ0v) is 19.0. The molecule has 0 saturated heterocycles. The van der Waals surface area contributed by atoms with Crippen LogP contribution in [0.25, 0.3) is 5.69 Å². The van der Waals surface area contributed by atoms with Crippen LogP contribution >= 0.6 is 34.7 Å². The van der Waals surface area contributed by atoms with Gasteiger partial charge in [0, 0.05) is 62.9 Å². The molecule has 0 saturated carbocycles. The second-order valence-corrected chi connectivity index (χ2v) is 10.4. The SMILES string of the molecule is Cc1ccc(C2Cc3c(C(=O)N(C)C)c(=O)cc(C)n3-c3ccc(Cl)cc3S2)s1. The van der Waals surface area contributed by atoms with Crippen molar-refractivity contribution >= 4 is 40.6 Å². The Bertz CT molecular complexity index is 1180. The average molecular weight is 445 g/mol. The largest absolute Gasteiger partial charge is 0.345 e. The molecule has 4 nitrogen and oxygen atoms in total. The van der Waals surface area contributed by atoms with E-state index in [-0.39, 0.29) is 22.1 Å². The van der Waals surface area contributed by atoms with Gasteiger partial charge in [-0.1, -0.05) is 11.6 Å². The number of carbonyl (C=O) groups is 1. The van der Waals surface area contributed by atoms with E-state index in [9.17, 15) is 9.59 Å². The molecule has 1 aromatic carbocycles. The first kappa shape index (κ1) is 20.3. The van der Waals surface area contributed by atoms with Gasteiger partial charge in [-0.15, -0.1) is 23.1 Å². The second-order valence-electron chi connectivity index (χ2n) is 7.38. The van der Waals surface area contributed by atoms with Gasteiger partial charge in [0.25, 0.3) is 5.91 Å². The molecule has 0 fully saturated rings. The summed E-state index contributed by atoms with van der Waals surface area (Å²) >= 11 is 9.80. The number of aryl methyl sites for hydroxylation is 2. The van der Waals surface area contributed by atoms with Crippen molar-refractivity contribution in [2.75, 3.05) is 14.1 Å². The van der Waals surface area contributed by atoms with E-state index < -0.39 is 0 Å². The Morgan fingerprint density at radius 2 is 1.93 bits per heavy atom. The van der Waals surface area contributed by atoms with Gasteiger partial charge in [0.1, 0.15) is 5.56 Å². The molecule has 0 N–H and O–H groups in total. The number of nitrogens with zero attached hydrogens (tertiary/aromatic N) is 2. The molecule has 2 aromatic heterocycles. The van der Waals surface area contributed by atoms with Crippen molar-refractivity contribution in [2.24, 2.45) is 0 Å². The molecule has 1 aliphatic heterocycles. The smallest absolute Gasteiger partial charge is 0.259 e. The third-order valence-electron chi connectivity index (χ3n) is 5.01. The minimum absolute atomic E-state index is 0.0922. The van der Waals surface area contributed by atoms with E-state index >= 15 is 0 Å². The lowest BCUT2D eigenvalue weighted by Crippen LogP contribution is -2.32. The van der Waals surface area contributed by atoms with E-state index in [1.54, 1.807) is 43.3 Å². The van der Waals surface area contributed by atoms with Gasteiger partial charge in [-0.2, -0.15) is 0 Å². The average Bonchev–Trinajstić information content (AvgIpc) is 3.00. The fourth-order valence-corrected chi connectivity index (χ4v) is 6.30. The van der Waals surface area contributed by atoms with Crippen molar-refractivity contribution in [1.29, 1.82) is 0 Å². The van der Waals surface area contributed by atoms with E-state index in [4.69, 9.17) is 11.6 Å². The summed E-state index contributed by atoms with van der Waals surface area (Å²) < 4.78 is 2.05. The number of amides is 1. The number of halogens is 1. The van der Waals surface area contributed by atoms with Gasteiger partial charge in [0.05, 0.1) is 5.69 Å². The number of pyridine rings is 1. The summed E-state index contributed by atoms with van der Waals surface area (Å²) in [4.78, 5) is 30.8. The molecule has 3 aromatic rings. The summed E-state index contributed by atoms with van der Waals surface area (Å²) in [6, 6.07) is 11.6. The molecule has 0 aliphatic carbocycles. The highest BCUT2D eigenvalue weighted by atomic mass is 35.5. The third-order valence-corrected chi connectivity index (χ3v) is 7.79. The molecule has 1 atom stereocenters. The van der Waals surface area contributed by atoms with Crippen LogP contribution in [0.2, 0.25) is 5.02 Å². The van der Waals surface area contributed by atoms with E-state index in [0.29, 0.717) is 11.4 Å². The highest BCUT2D eigenvalue weighted by Gasteiger charge is 2.30. The van der Waals surface area contributed by atoms with E-state index in [0.717, 1.165) is 22.0 Å². The van der Waals surface area contributed by atoms with E-state index in [1.807, 2.05) is 25.1 Å². The molecule has 3 heterocycles. The van der Waals surface area contributed by atoms with Crippen LogP contribution in [0.15, 0.2) is 46.1 Å². The first-order chi connectivity index (χ1) is 13.8. The number of fused-ring (bicyclic) bond motifs is 3. The van der Waals surface area contributed by atoms with Crippen LogP contribution in [0.1, 0.15) is 36.8 Å². The van der Waals surface area contributed by atoms with Crippen LogP contribution < -0.4 is 5.43 Å². The number of hydrogen-bond acceptors (Lipinski definition) is 4. The number of thioether (sulfide) groups is 1. The topological polar surface area (TPSA) is 42.3 Å². The lowest BCUT2D eigenvalue weighted by molar-refractivity contribution is 0.0824. The molecule has 1 aliphatic rings. The maximum Gasteiger partial charge on any atom is 0.259 e. The Morgan fingerprint density at radius 3 is 2.59 bits per heavy atom. The molecule has 4 rings (SSSR count). The zero-order chi connectivity index (χ0) is 20.9. The Kier molecular flexibility index (Phi) is 5.36. The van der Waals surface area contributed by atoms with Gasteiger partial charge < -0.3 is 9.47 Å². The maximum absolute atomic E-state index is 13.0. The lowest BCUT2D eigenvalue weighted by atomic mass is 10.0. The van der Waals surface area contributed by atoms with E-state index in [2.05, 4.69) is 23.6 Å². The quantitative estimate of drug-likeness (QED) is 0.541. The Morgan fingerprint density at radius 1 is 1.17 bits per heavy atom. The Hall–Kier alpha value is -2.02. The predicted octanol–water partition coefficient (Wildman–Crippen LogP) is 5.26. The van der Waals surface area contributed by atoms with Crippen LogP contribution in [0.3, 0.4) is 0 Å². The van der Waals surface area contributed by atoms with Gasteiger partial charge in [0.15, 0.2) is 5.43 Å². The van der Waals surface area contributed by atoms with Crippen molar-refractivity contribution in [3.8, 4) is 5.69 Å². The third kappa shape index (κ3) is 3.65. The number of carbonyl (C=O) groups excluding carboxylic acids is 1. The summed E-state index contributed by atoms with van der Waals surface area (Å²) in [5, 5.41) is 0.763. The van der Waals surface area contributed by atoms with Crippen LogP contribution in [0.5, 0.6) is 0 Å². The fourth-order valence-electron chi connectivity index (χ4n) is 3.70. The standard InChI is InChI=1S/C22H21ClN2O2S2/c1-12-9-17(26)21(22(27)24(3)4)16-11-20(18-8-5-13(2)28-18)29-19-10-14(23)6-7-15(19)25(12)16/h5-10,20H,11H2,1-4H3. The van der Waals surface area contributed by atoms with Crippen molar-refractivity contribution in [2.45, 2.75) is 30.4 Å². The molecule has 0 bridgehead atoms. The summed E-state index contributed by atoms with van der Waals surface area (Å²) in [5.41, 5.74) is 2.56. The van der Waals surface area contributed by atoms with Crippen LogP contribution in [0, 0.1) is 13.8 Å². The summed E-state index contributed by atoms with van der Waals surface area (Å²) in [6.45, 7) is 4.00. The monoisotopic (exact) mass is 444 g/mol. The summed E-state index contributed by atoms with van der Waals surface area (Å²) in [5.74, 6) is -0.262. The van der Waals surface area contributed by atoms with Gasteiger partial charge in [-0.05, 0) is 44.2 Å². The highest BCUT2D eigenvalue weighted by molar-refractivity contribution is 7.99. The molecule has 0 spiro atoms. The number of aromatic nitrogens is 1. The number of thiophene rings is 1. The molecule has 29 heavy (non-hydrogen) atoms. The summed E-state index contributed by atoms with van der Waals surface area (Å²) in [6.07, 6.45) is 0.586. The number of hydrogen-bond donors (Lipinski definition) is 0. The first-order valence-corrected chi connectivity index (χ1v) is 11.3. The molecular formula is C22H21ClN2O2S2. The van der Waals surface area contributed by atoms with Crippen LogP contribution in [0.4, 0.5) is 0 Å². The molecule has 1 amide bonds. The van der Waals surface area contributed by atoms with Gasteiger partial charge in [-0.3, -0.25) is 9.59 Å². The highest BCUT2D eigenvalue weighted by Crippen LogP contribution is 2.46. The molecule has 7 heteroatoms. The zero-order valence-electron chi connectivity index (χ0n) is 16.7. The van der Waals surface area contributed by atoms with Crippen LogP contribution in [-0.4, -0.2) is 29.5 Å². The second kappa shape index (κ2) is 7.67. The van der Waals surface area contributed by atoms with Gasteiger partial charge in [-0.25, -0.2) is 0 Å².